The van der Waals surface area contributed by atoms with Gasteiger partial charge in [-0.25, -0.2) is 4.98 Å². The van der Waals surface area contributed by atoms with Gasteiger partial charge in [-0.05, 0) is 37.6 Å². The predicted octanol–water partition coefficient (Wildman–Crippen LogP) is 4.52. The molecule has 2 heterocycles. The van der Waals surface area contributed by atoms with Crippen molar-refractivity contribution < 1.29 is 9.59 Å². The number of carbonyl (C=O) groups excluding carboxylic acids is 2. The molecule has 0 fully saturated rings. The molecule has 4 rings (SSSR count). The molecule has 0 saturated heterocycles. The number of amides is 2. The zero-order chi connectivity index (χ0) is 19.7. The summed E-state index contributed by atoms with van der Waals surface area (Å²) in [7, 11) is 0. The van der Waals surface area contributed by atoms with E-state index in [2.05, 4.69) is 4.98 Å². The van der Waals surface area contributed by atoms with Crippen LogP contribution in [-0.4, -0.2) is 29.9 Å². The molecule has 1 aliphatic rings. The number of para-hydroxylation sites is 2. The van der Waals surface area contributed by atoms with E-state index in [0.29, 0.717) is 18.7 Å². The predicted molar refractivity (Wildman–Crippen MR) is 113 cm³/mol. The standard InChI is InChI=1S/C22H21N3O2S/c1-15-23-19(14-28-15)17-7-5-8-18(13-17)22(27)25-12-6-11-24(16(2)26)20-9-3-4-10-21(20)25/h3-5,7-10,13-14H,6,11-12H2,1-2H3. The summed E-state index contributed by atoms with van der Waals surface area (Å²) < 4.78 is 0. The molecule has 0 spiro atoms. The monoisotopic (exact) mass is 391 g/mol. The van der Waals surface area contributed by atoms with Gasteiger partial charge in [0.1, 0.15) is 0 Å². The number of anilines is 2. The van der Waals surface area contributed by atoms with Crippen LogP contribution in [0, 0.1) is 6.92 Å². The molecule has 3 aromatic rings. The number of rotatable bonds is 2. The van der Waals surface area contributed by atoms with Crippen molar-refractivity contribution in [2.75, 3.05) is 22.9 Å². The highest BCUT2D eigenvalue weighted by atomic mass is 32.1. The number of hydrogen-bond donors (Lipinski definition) is 0. The third kappa shape index (κ3) is 3.43. The second-order valence-electron chi connectivity index (χ2n) is 6.80. The van der Waals surface area contributed by atoms with Gasteiger partial charge in [-0.15, -0.1) is 11.3 Å². The molecule has 2 aromatic carbocycles. The molecule has 1 aromatic heterocycles. The van der Waals surface area contributed by atoms with E-state index in [1.165, 1.54) is 0 Å². The molecule has 0 aliphatic carbocycles. The van der Waals surface area contributed by atoms with Gasteiger partial charge in [-0.2, -0.15) is 0 Å². The van der Waals surface area contributed by atoms with Gasteiger partial charge in [0, 0.05) is 36.5 Å². The maximum Gasteiger partial charge on any atom is 0.258 e. The molecule has 0 unspecified atom stereocenters. The first-order chi connectivity index (χ1) is 13.5. The van der Waals surface area contributed by atoms with Gasteiger partial charge < -0.3 is 9.80 Å². The zero-order valence-corrected chi connectivity index (χ0v) is 16.7. The van der Waals surface area contributed by atoms with E-state index in [9.17, 15) is 9.59 Å². The summed E-state index contributed by atoms with van der Waals surface area (Å²) in [5, 5.41) is 3.00. The molecule has 0 bridgehead atoms. The zero-order valence-electron chi connectivity index (χ0n) is 15.9. The lowest BCUT2D eigenvalue weighted by Crippen LogP contribution is -2.31. The minimum absolute atomic E-state index is 0.0114. The Morgan fingerprint density at radius 1 is 1.00 bits per heavy atom. The Morgan fingerprint density at radius 2 is 1.71 bits per heavy atom. The van der Waals surface area contributed by atoms with E-state index >= 15 is 0 Å². The SMILES string of the molecule is CC(=O)N1CCCN(C(=O)c2cccc(-c3csc(C)n3)c2)c2ccccc21. The van der Waals surface area contributed by atoms with Gasteiger partial charge in [0.05, 0.1) is 22.1 Å². The Labute approximate surface area is 168 Å². The largest absolute Gasteiger partial charge is 0.311 e. The number of carbonyl (C=O) groups is 2. The summed E-state index contributed by atoms with van der Waals surface area (Å²) in [5.41, 5.74) is 4.00. The summed E-state index contributed by atoms with van der Waals surface area (Å²) in [6.07, 6.45) is 0.727. The third-order valence-corrected chi connectivity index (χ3v) is 5.65. The number of thiazole rings is 1. The molecule has 5 nitrogen and oxygen atoms in total. The molecular weight excluding hydrogens is 370 g/mol. The molecule has 2 amide bonds. The molecule has 0 radical (unpaired) electrons. The van der Waals surface area contributed by atoms with Crippen molar-refractivity contribution >= 4 is 34.5 Å². The normalized spacial score (nSPS) is 13.8. The van der Waals surface area contributed by atoms with Crippen molar-refractivity contribution in [2.24, 2.45) is 0 Å². The highest BCUT2D eigenvalue weighted by molar-refractivity contribution is 7.09. The average molecular weight is 391 g/mol. The van der Waals surface area contributed by atoms with Gasteiger partial charge in [-0.1, -0.05) is 24.3 Å². The van der Waals surface area contributed by atoms with Gasteiger partial charge in [-0.3, -0.25) is 9.59 Å². The fourth-order valence-electron chi connectivity index (χ4n) is 3.55. The van der Waals surface area contributed by atoms with Gasteiger partial charge in [0.25, 0.3) is 5.91 Å². The Hall–Kier alpha value is -2.99. The van der Waals surface area contributed by atoms with E-state index in [0.717, 1.165) is 34.1 Å². The number of aryl methyl sites for hydroxylation is 1. The lowest BCUT2D eigenvalue weighted by molar-refractivity contribution is -0.116. The van der Waals surface area contributed by atoms with Crippen molar-refractivity contribution in [3.05, 3.63) is 64.5 Å². The van der Waals surface area contributed by atoms with E-state index in [1.807, 2.05) is 60.8 Å². The minimum Gasteiger partial charge on any atom is -0.311 e. The second-order valence-corrected chi connectivity index (χ2v) is 7.86. The Morgan fingerprint density at radius 3 is 2.39 bits per heavy atom. The Kier molecular flexibility index (Phi) is 4.96. The fraction of sp³-hybridized carbons (Fsp3) is 0.227. The quantitative estimate of drug-likeness (QED) is 0.645. The van der Waals surface area contributed by atoms with Crippen LogP contribution in [0.4, 0.5) is 11.4 Å². The maximum absolute atomic E-state index is 13.4. The Balaban J connectivity index is 1.71. The first-order valence-corrected chi connectivity index (χ1v) is 10.1. The molecule has 1 aliphatic heterocycles. The van der Waals surface area contributed by atoms with Crippen LogP contribution in [-0.2, 0) is 4.79 Å². The van der Waals surface area contributed by atoms with Gasteiger partial charge in [0.15, 0.2) is 0 Å². The average Bonchev–Trinajstić information content (AvgIpc) is 3.04. The number of aromatic nitrogens is 1. The second kappa shape index (κ2) is 7.56. The first kappa shape index (κ1) is 18.4. The number of fused-ring (bicyclic) bond motifs is 1. The Bertz CT molecular complexity index is 1040. The van der Waals surface area contributed by atoms with Crippen molar-refractivity contribution in [1.29, 1.82) is 0 Å². The molecular formula is C22H21N3O2S. The van der Waals surface area contributed by atoms with Crippen LogP contribution in [0.2, 0.25) is 0 Å². The molecule has 0 atom stereocenters. The number of nitrogens with zero attached hydrogens (tertiary/aromatic N) is 3. The van der Waals surface area contributed by atoms with Crippen LogP contribution in [0.25, 0.3) is 11.3 Å². The van der Waals surface area contributed by atoms with E-state index in [4.69, 9.17) is 0 Å². The summed E-state index contributed by atoms with van der Waals surface area (Å²) in [5.74, 6) is -0.0747. The van der Waals surface area contributed by atoms with Crippen molar-refractivity contribution in [1.82, 2.24) is 4.98 Å². The molecule has 0 saturated carbocycles. The van der Waals surface area contributed by atoms with Gasteiger partial charge >= 0.3 is 0 Å². The highest BCUT2D eigenvalue weighted by Gasteiger charge is 2.27. The van der Waals surface area contributed by atoms with E-state index in [-0.39, 0.29) is 11.8 Å². The van der Waals surface area contributed by atoms with E-state index in [1.54, 1.807) is 28.1 Å². The van der Waals surface area contributed by atoms with Crippen LogP contribution in [0.15, 0.2) is 53.9 Å². The lowest BCUT2D eigenvalue weighted by atomic mass is 10.1. The lowest BCUT2D eigenvalue weighted by Gasteiger charge is -2.25. The van der Waals surface area contributed by atoms with Crippen molar-refractivity contribution in [3.8, 4) is 11.3 Å². The molecule has 28 heavy (non-hydrogen) atoms. The van der Waals surface area contributed by atoms with E-state index < -0.39 is 0 Å². The van der Waals surface area contributed by atoms with Crippen molar-refractivity contribution in [3.63, 3.8) is 0 Å². The van der Waals surface area contributed by atoms with Crippen LogP contribution < -0.4 is 9.80 Å². The van der Waals surface area contributed by atoms with Crippen LogP contribution in [0.1, 0.15) is 28.7 Å². The van der Waals surface area contributed by atoms with Crippen LogP contribution >= 0.6 is 11.3 Å². The molecule has 0 N–H and O–H groups in total. The first-order valence-electron chi connectivity index (χ1n) is 9.26. The van der Waals surface area contributed by atoms with Gasteiger partial charge in [0.2, 0.25) is 5.91 Å². The summed E-state index contributed by atoms with van der Waals surface area (Å²) in [6.45, 7) is 4.71. The summed E-state index contributed by atoms with van der Waals surface area (Å²) in [4.78, 5) is 33.5. The molecule has 6 heteroatoms. The fourth-order valence-corrected chi connectivity index (χ4v) is 4.17. The summed E-state index contributed by atoms with van der Waals surface area (Å²) >= 11 is 1.59. The van der Waals surface area contributed by atoms with Crippen LogP contribution in [0.5, 0.6) is 0 Å². The molecule has 142 valence electrons. The number of benzene rings is 2. The summed E-state index contributed by atoms with van der Waals surface area (Å²) in [6, 6.07) is 15.2. The minimum atomic E-state index is -0.0633. The highest BCUT2D eigenvalue weighted by Crippen LogP contribution is 2.33. The van der Waals surface area contributed by atoms with Crippen molar-refractivity contribution in [2.45, 2.75) is 20.3 Å². The number of hydrogen-bond acceptors (Lipinski definition) is 4. The topological polar surface area (TPSA) is 53.5 Å². The maximum atomic E-state index is 13.4. The van der Waals surface area contributed by atoms with Crippen LogP contribution in [0.3, 0.4) is 0 Å². The smallest absolute Gasteiger partial charge is 0.258 e. The third-order valence-electron chi connectivity index (χ3n) is 4.88.